The number of hydrogen-bond donors (Lipinski definition) is 0. The fourth-order valence-corrected chi connectivity index (χ4v) is 4.72. The number of imide groups is 1. The van der Waals surface area contributed by atoms with E-state index < -0.39 is 5.82 Å². The van der Waals surface area contributed by atoms with Crippen LogP contribution >= 0.6 is 0 Å². The van der Waals surface area contributed by atoms with Gasteiger partial charge in [-0.05, 0) is 66.8 Å². The van der Waals surface area contributed by atoms with E-state index in [9.17, 15) is 18.8 Å². The second kappa shape index (κ2) is 6.65. The largest absolute Gasteiger partial charge is 0.485 e. The molecule has 3 aliphatic rings. The summed E-state index contributed by atoms with van der Waals surface area (Å²) in [6.07, 6.45) is 5.03. The van der Waals surface area contributed by atoms with Gasteiger partial charge in [0, 0.05) is 5.56 Å². The lowest BCUT2D eigenvalue weighted by Gasteiger charge is -2.17. The number of carbonyl (C=O) groups is 3. The number of amides is 2. The summed E-state index contributed by atoms with van der Waals surface area (Å²) in [5.74, 6) is -0.604. The van der Waals surface area contributed by atoms with Gasteiger partial charge in [0.1, 0.15) is 11.6 Å². The molecule has 5 rings (SSSR count). The maximum absolute atomic E-state index is 12.9. The van der Waals surface area contributed by atoms with Gasteiger partial charge in [-0.3, -0.25) is 19.3 Å². The van der Waals surface area contributed by atoms with Crippen molar-refractivity contribution >= 4 is 23.3 Å². The van der Waals surface area contributed by atoms with E-state index in [0.29, 0.717) is 17.0 Å². The first-order valence-electron chi connectivity index (χ1n) is 9.61. The third kappa shape index (κ3) is 2.87. The van der Waals surface area contributed by atoms with E-state index in [-0.39, 0.29) is 47.9 Å². The van der Waals surface area contributed by atoms with Crippen LogP contribution in [0.15, 0.2) is 60.7 Å². The highest BCUT2D eigenvalue weighted by Crippen LogP contribution is 2.53. The van der Waals surface area contributed by atoms with Gasteiger partial charge >= 0.3 is 0 Å². The third-order valence-electron chi connectivity index (χ3n) is 6.10. The number of allylic oxidation sites excluding steroid dienone is 2. The monoisotopic (exact) mass is 391 g/mol. The summed E-state index contributed by atoms with van der Waals surface area (Å²) in [7, 11) is 0. The highest BCUT2D eigenvalue weighted by atomic mass is 19.1. The highest BCUT2D eigenvalue weighted by molar-refractivity contribution is 6.22. The summed E-state index contributed by atoms with van der Waals surface area (Å²) in [5.41, 5.74) is 0.886. The molecule has 6 heteroatoms. The van der Waals surface area contributed by atoms with Crippen molar-refractivity contribution in [3.05, 3.63) is 72.1 Å². The lowest BCUT2D eigenvalue weighted by molar-refractivity contribution is -0.123. The lowest BCUT2D eigenvalue weighted by Crippen LogP contribution is -2.32. The molecule has 4 atom stereocenters. The topological polar surface area (TPSA) is 63.7 Å². The smallest absolute Gasteiger partial charge is 0.238 e. The molecule has 0 radical (unpaired) electrons. The molecule has 2 aromatic rings. The van der Waals surface area contributed by atoms with Gasteiger partial charge in [-0.25, -0.2) is 4.39 Å². The average Bonchev–Trinajstić information content (AvgIpc) is 3.41. The van der Waals surface area contributed by atoms with Crippen molar-refractivity contribution in [3.8, 4) is 5.75 Å². The fourth-order valence-electron chi connectivity index (χ4n) is 4.72. The molecule has 146 valence electrons. The van der Waals surface area contributed by atoms with E-state index >= 15 is 0 Å². The molecule has 0 N–H and O–H groups in total. The van der Waals surface area contributed by atoms with Gasteiger partial charge in [-0.15, -0.1) is 0 Å². The van der Waals surface area contributed by atoms with Crippen molar-refractivity contribution in [1.29, 1.82) is 0 Å². The Labute approximate surface area is 166 Å². The molecule has 0 unspecified atom stereocenters. The van der Waals surface area contributed by atoms with Crippen molar-refractivity contribution in [2.45, 2.75) is 6.42 Å². The van der Waals surface area contributed by atoms with E-state index in [0.717, 1.165) is 6.42 Å². The summed E-state index contributed by atoms with van der Waals surface area (Å²) >= 11 is 0. The Bertz CT molecular complexity index is 998. The van der Waals surface area contributed by atoms with Crippen molar-refractivity contribution in [3.63, 3.8) is 0 Å². The number of fused-ring (bicyclic) bond motifs is 5. The Kier molecular flexibility index (Phi) is 4.08. The molecule has 2 aromatic carbocycles. The summed E-state index contributed by atoms with van der Waals surface area (Å²) in [4.78, 5) is 39.1. The summed E-state index contributed by atoms with van der Waals surface area (Å²) in [5, 5.41) is 0. The SMILES string of the molecule is O=C(COc1ccc(N2C(=O)[C@@H]3[C@@H](C2=O)[C@H]2C=C[C@H]3C2)cc1)c1ccc(F)cc1. The number of rotatable bonds is 5. The number of anilines is 1. The first-order chi connectivity index (χ1) is 14.0. The number of carbonyl (C=O) groups excluding carboxylic acids is 3. The number of benzene rings is 2. The maximum Gasteiger partial charge on any atom is 0.238 e. The van der Waals surface area contributed by atoms with E-state index in [1.54, 1.807) is 24.3 Å². The normalized spacial score (nSPS) is 26.9. The predicted octanol–water partition coefficient (Wildman–Crippen LogP) is 3.40. The zero-order valence-corrected chi connectivity index (χ0v) is 15.5. The molecule has 1 aliphatic heterocycles. The Morgan fingerprint density at radius 1 is 0.931 bits per heavy atom. The minimum atomic E-state index is -0.406. The molecular formula is C23H18FNO4. The Morgan fingerprint density at radius 2 is 1.52 bits per heavy atom. The van der Waals surface area contributed by atoms with Crippen molar-refractivity contribution in [2.24, 2.45) is 23.7 Å². The number of halogens is 1. The Morgan fingerprint density at radius 3 is 2.10 bits per heavy atom. The predicted molar refractivity (Wildman–Crippen MR) is 103 cm³/mol. The standard InChI is InChI=1S/C23H18FNO4/c24-16-5-3-13(4-6-16)19(26)12-29-18-9-7-17(8-10-18)25-22(27)20-14-1-2-15(11-14)21(20)23(25)28/h1-10,14-15,20-21H,11-12H2/t14-,15-,20-,21-/m0/s1. The average molecular weight is 391 g/mol. The molecule has 1 saturated carbocycles. The van der Waals surface area contributed by atoms with Gasteiger partial charge in [-0.2, -0.15) is 0 Å². The minimum absolute atomic E-state index is 0.128. The molecule has 0 aromatic heterocycles. The van der Waals surface area contributed by atoms with Gasteiger partial charge in [0.15, 0.2) is 12.4 Å². The Balaban J connectivity index is 1.26. The number of hydrogen-bond acceptors (Lipinski definition) is 4. The molecule has 2 fully saturated rings. The molecule has 0 spiro atoms. The van der Waals surface area contributed by atoms with E-state index in [4.69, 9.17) is 4.74 Å². The van der Waals surface area contributed by atoms with Gasteiger partial charge < -0.3 is 4.74 Å². The van der Waals surface area contributed by atoms with Crippen LogP contribution in [-0.2, 0) is 9.59 Å². The first kappa shape index (κ1) is 17.8. The molecule has 2 amide bonds. The molecular weight excluding hydrogens is 373 g/mol. The van der Waals surface area contributed by atoms with Crippen LogP contribution < -0.4 is 9.64 Å². The van der Waals surface area contributed by atoms with Crippen LogP contribution in [0.3, 0.4) is 0 Å². The zero-order valence-electron chi connectivity index (χ0n) is 15.5. The lowest BCUT2D eigenvalue weighted by atomic mass is 9.85. The molecule has 1 heterocycles. The second-order valence-corrected chi connectivity index (χ2v) is 7.72. The maximum atomic E-state index is 12.9. The summed E-state index contributed by atoms with van der Waals surface area (Å²) in [6.45, 7) is -0.189. The summed E-state index contributed by atoms with van der Waals surface area (Å²) in [6, 6.07) is 11.9. The van der Waals surface area contributed by atoms with Crippen LogP contribution in [0.4, 0.5) is 10.1 Å². The number of nitrogens with zero attached hydrogens (tertiary/aromatic N) is 1. The van der Waals surface area contributed by atoms with Crippen LogP contribution in [-0.4, -0.2) is 24.2 Å². The van der Waals surface area contributed by atoms with Crippen LogP contribution in [0.5, 0.6) is 5.75 Å². The second-order valence-electron chi connectivity index (χ2n) is 7.72. The molecule has 1 saturated heterocycles. The van der Waals surface area contributed by atoms with Crippen molar-refractivity contribution in [2.75, 3.05) is 11.5 Å². The van der Waals surface area contributed by atoms with Gasteiger partial charge in [0.25, 0.3) is 0 Å². The van der Waals surface area contributed by atoms with Crippen molar-refractivity contribution < 1.29 is 23.5 Å². The number of ketones is 1. The molecule has 2 aliphatic carbocycles. The van der Waals surface area contributed by atoms with Gasteiger partial charge in [0.05, 0.1) is 17.5 Å². The van der Waals surface area contributed by atoms with E-state index in [2.05, 4.69) is 12.2 Å². The van der Waals surface area contributed by atoms with E-state index in [1.807, 2.05) is 0 Å². The first-order valence-corrected chi connectivity index (χ1v) is 9.61. The Hall–Kier alpha value is -3.28. The van der Waals surface area contributed by atoms with Crippen LogP contribution in [0, 0.1) is 29.5 Å². The minimum Gasteiger partial charge on any atom is -0.485 e. The highest BCUT2D eigenvalue weighted by Gasteiger charge is 2.59. The zero-order chi connectivity index (χ0) is 20.1. The quantitative estimate of drug-likeness (QED) is 0.445. The summed E-state index contributed by atoms with van der Waals surface area (Å²) < 4.78 is 18.4. The third-order valence-corrected chi connectivity index (χ3v) is 6.10. The number of ether oxygens (including phenoxy) is 1. The van der Waals surface area contributed by atoms with Gasteiger partial charge in [0.2, 0.25) is 11.8 Å². The van der Waals surface area contributed by atoms with E-state index in [1.165, 1.54) is 29.2 Å². The van der Waals surface area contributed by atoms with Crippen LogP contribution in [0.1, 0.15) is 16.8 Å². The fraction of sp³-hybridized carbons (Fsp3) is 0.261. The molecule has 29 heavy (non-hydrogen) atoms. The van der Waals surface area contributed by atoms with Crippen LogP contribution in [0.2, 0.25) is 0 Å². The molecule has 2 bridgehead atoms. The molecule has 5 nitrogen and oxygen atoms in total. The van der Waals surface area contributed by atoms with Gasteiger partial charge in [-0.1, -0.05) is 12.2 Å². The van der Waals surface area contributed by atoms with Crippen molar-refractivity contribution in [1.82, 2.24) is 0 Å². The number of Topliss-reactive ketones (excluding diaryl/α,β-unsaturated/α-hetero) is 1. The van der Waals surface area contributed by atoms with Crippen LogP contribution in [0.25, 0.3) is 0 Å².